The van der Waals surface area contributed by atoms with Gasteiger partial charge < -0.3 is 10.4 Å². The van der Waals surface area contributed by atoms with E-state index in [9.17, 15) is 17.6 Å². The van der Waals surface area contributed by atoms with Crippen LogP contribution in [0.4, 0.5) is 17.6 Å². The summed E-state index contributed by atoms with van der Waals surface area (Å²) in [5.41, 5.74) is 0.843. The summed E-state index contributed by atoms with van der Waals surface area (Å²) in [6.07, 6.45) is 0. The van der Waals surface area contributed by atoms with Crippen molar-refractivity contribution in [3.05, 3.63) is 70.3 Å². The lowest BCUT2D eigenvalue weighted by Crippen LogP contribution is -2.14. The van der Waals surface area contributed by atoms with Crippen LogP contribution in [0.3, 0.4) is 0 Å². The zero-order valence-electron chi connectivity index (χ0n) is 11.0. The maximum Gasteiger partial charge on any atom is 0.161 e. The van der Waals surface area contributed by atoms with Crippen LogP contribution in [0.5, 0.6) is 0 Å². The first-order valence-electron chi connectivity index (χ1n) is 6.23. The van der Waals surface area contributed by atoms with Crippen molar-refractivity contribution >= 4 is 0 Å². The van der Waals surface area contributed by atoms with Crippen LogP contribution in [0.2, 0.25) is 0 Å². The molecule has 2 N–H and O–H groups in total. The van der Waals surface area contributed by atoms with E-state index in [1.807, 2.05) is 0 Å². The molecule has 112 valence electrons. The standard InChI is InChI=1S/C15H13F4NO/c16-12-2-1-9(3-11(12)8-21)6-20-7-10-4-14(18)15(19)5-13(10)17/h1-5,20-21H,6-8H2. The van der Waals surface area contributed by atoms with Crippen LogP contribution in [0, 0.1) is 23.3 Å². The van der Waals surface area contributed by atoms with Crippen molar-refractivity contribution < 1.29 is 22.7 Å². The number of rotatable bonds is 5. The van der Waals surface area contributed by atoms with Gasteiger partial charge >= 0.3 is 0 Å². The molecule has 0 atom stereocenters. The number of aliphatic hydroxyl groups excluding tert-OH is 1. The fraction of sp³-hybridized carbons (Fsp3) is 0.200. The van der Waals surface area contributed by atoms with Crippen molar-refractivity contribution in [3.63, 3.8) is 0 Å². The largest absolute Gasteiger partial charge is 0.392 e. The van der Waals surface area contributed by atoms with Crippen molar-refractivity contribution in [2.24, 2.45) is 0 Å². The predicted molar refractivity (Wildman–Crippen MR) is 69.2 cm³/mol. The maximum absolute atomic E-state index is 13.4. The van der Waals surface area contributed by atoms with Crippen molar-refractivity contribution in [1.82, 2.24) is 5.32 Å². The van der Waals surface area contributed by atoms with E-state index in [-0.39, 0.29) is 24.2 Å². The third kappa shape index (κ3) is 3.80. The smallest absolute Gasteiger partial charge is 0.161 e. The molecule has 0 heterocycles. The third-order valence-corrected chi connectivity index (χ3v) is 3.01. The van der Waals surface area contributed by atoms with E-state index < -0.39 is 29.9 Å². The van der Waals surface area contributed by atoms with Crippen LogP contribution in [-0.4, -0.2) is 5.11 Å². The fourth-order valence-electron chi connectivity index (χ4n) is 1.90. The normalized spacial score (nSPS) is 10.9. The SMILES string of the molecule is OCc1cc(CNCc2cc(F)c(F)cc2F)ccc1F. The summed E-state index contributed by atoms with van der Waals surface area (Å²) in [6.45, 7) is -0.155. The topological polar surface area (TPSA) is 32.3 Å². The number of hydrogen-bond acceptors (Lipinski definition) is 2. The van der Waals surface area contributed by atoms with E-state index in [1.54, 1.807) is 0 Å². The van der Waals surface area contributed by atoms with Crippen molar-refractivity contribution in [2.45, 2.75) is 19.7 Å². The molecular weight excluding hydrogens is 286 g/mol. The third-order valence-electron chi connectivity index (χ3n) is 3.01. The summed E-state index contributed by atoms with van der Waals surface area (Å²) >= 11 is 0. The van der Waals surface area contributed by atoms with E-state index in [0.717, 1.165) is 6.07 Å². The monoisotopic (exact) mass is 299 g/mol. The summed E-state index contributed by atoms with van der Waals surface area (Å²) in [7, 11) is 0. The Morgan fingerprint density at radius 2 is 1.48 bits per heavy atom. The first-order valence-corrected chi connectivity index (χ1v) is 6.23. The molecule has 2 rings (SSSR count). The summed E-state index contributed by atoms with van der Waals surface area (Å²) in [5.74, 6) is -3.69. The molecule has 0 saturated heterocycles. The summed E-state index contributed by atoms with van der Waals surface area (Å²) in [5, 5.41) is 11.8. The first kappa shape index (κ1) is 15.5. The number of benzene rings is 2. The lowest BCUT2D eigenvalue weighted by atomic mass is 10.1. The second-order valence-corrected chi connectivity index (χ2v) is 4.55. The van der Waals surface area contributed by atoms with E-state index in [4.69, 9.17) is 5.11 Å². The molecule has 0 radical (unpaired) electrons. The summed E-state index contributed by atoms with van der Waals surface area (Å²) in [6, 6.07) is 5.50. The molecule has 0 fully saturated rings. The molecular formula is C15H13F4NO. The Balaban J connectivity index is 2.00. The van der Waals surface area contributed by atoms with Gasteiger partial charge in [-0.2, -0.15) is 0 Å². The zero-order chi connectivity index (χ0) is 15.4. The summed E-state index contributed by atoms with van der Waals surface area (Å²) < 4.78 is 52.4. The van der Waals surface area contributed by atoms with Gasteiger partial charge in [0.2, 0.25) is 0 Å². The van der Waals surface area contributed by atoms with Gasteiger partial charge in [-0.15, -0.1) is 0 Å². The van der Waals surface area contributed by atoms with Crippen LogP contribution in [0.1, 0.15) is 16.7 Å². The molecule has 2 nitrogen and oxygen atoms in total. The predicted octanol–water partition coefficient (Wildman–Crippen LogP) is 3.03. The molecule has 0 aliphatic carbocycles. The molecule has 21 heavy (non-hydrogen) atoms. The average molecular weight is 299 g/mol. The number of nitrogens with one attached hydrogen (secondary N) is 1. The lowest BCUT2D eigenvalue weighted by Gasteiger charge is -2.08. The molecule has 0 aromatic heterocycles. The van der Waals surface area contributed by atoms with Gasteiger partial charge in [0.05, 0.1) is 6.61 Å². The Morgan fingerprint density at radius 1 is 0.762 bits per heavy atom. The molecule has 0 aliphatic rings. The second-order valence-electron chi connectivity index (χ2n) is 4.55. The van der Waals surface area contributed by atoms with Crippen LogP contribution in [0.15, 0.2) is 30.3 Å². The maximum atomic E-state index is 13.4. The molecule has 2 aromatic carbocycles. The molecule has 0 saturated carbocycles. The molecule has 0 aliphatic heterocycles. The highest BCUT2D eigenvalue weighted by atomic mass is 19.2. The molecule has 0 bridgehead atoms. The van der Waals surface area contributed by atoms with Crippen LogP contribution < -0.4 is 5.32 Å². The molecule has 0 unspecified atom stereocenters. The van der Waals surface area contributed by atoms with Crippen LogP contribution >= 0.6 is 0 Å². The molecule has 0 spiro atoms. The van der Waals surface area contributed by atoms with Gasteiger partial charge in [-0.05, 0) is 23.8 Å². The van der Waals surface area contributed by atoms with Gasteiger partial charge in [0.15, 0.2) is 11.6 Å². The Bertz CT molecular complexity index is 646. The molecule has 6 heteroatoms. The number of aliphatic hydroxyl groups is 1. The fourth-order valence-corrected chi connectivity index (χ4v) is 1.90. The van der Waals surface area contributed by atoms with Gasteiger partial charge in [0.25, 0.3) is 0 Å². The van der Waals surface area contributed by atoms with Gasteiger partial charge in [0, 0.05) is 30.3 Å². The minimum atomic E-state index is -1.23. The Kier molecular flexibility index (Phi) is 4.93. The van der Waals surface area contributed by atoms with Crippen LogP contribution in [-0.2, 0) is 19.7 Å². The highest BCUT2D eigenvalue weighted by Gasteiger charge is 2.09. The highest BCUT2D eigenvalue weighted by molar-refractivity contribution is 5.25. The minimum absolute atomic E-state index is 0.00149. The van der Waals surface area contributed by atoms with Gasteiger partial charge in [-0.25, -0.2) is 17.6 Å². The summed E-state index contributed by atoms with van der Waals surface area (Å²) in [4.78, 5) is 0. The molecule has 0 amide bonds. The first-order chi connectivity index (χ1) is 10.0. The van der Waals surface area contributed by atoms with Crippen molar-refractivity contribution in [1.29, 1.82) is 0 Å². The quantitative estimate of drug-likeness (QED) is 0.657. The van der Waals surface area contributed by atoms with Gasteiger partial charge in [-0.1, -0.05) is 6.07 Å². The van der Waals surface area contributed by atoms with Gasteiger partial charge in [0.1, 0.15) is 11.6 Å². The Hall–Kier alpha value is -1.92. The second kappa shape index (κ2) is 6.69. The number of hydrogen-bond donors (Lipinski definition) is 2. The number of halogens is 4. The Morgan fingerprint density at radius 3 is 2.19 bits per heavy atom. The van der Waals surface area contributed by atoms with E-state index in [1.165, 1.54) is 18.2 Å². The minimum Gasteiger partial charge on any atom is -0.392 e. The van der Waals surface area contributed by atoms with Crippen LogP contribution in [0.25, 0.3) is 0 Å². The zero-order valence-corrected chi connectivity index (χ0v) is 11.0. The van der Waals surface area contributed by atoms with E-state index >= 15 is 0 Å². The molecule has 2 aromatic rings. The van der Waals surface area contributed by atoms with E-state index in [2.05, 4.69) is 5.32 Å². The van der Waals surface area contributed by atoms with Crippen molar-refractivity contribution in [2.75, 3.05) is 0 Å². The highest BCUT2D eigenvalue weighted by Crippen LogP contribution is 2.14. The van der Waals surface area contributed by atoms with Gasteiger partial charge in [-0.3, -0.25) is 0 Å². The average Bonchev–Trinajstić information content (AvgIpc) is 2.46. The Labute approximate surface area is 119 Å². The lowest BCUT2D eigenvalue weighted by molar-refractivity contribution is 0.275. The van der Waals surface area contributed by atoms with E-state index in [0.29, 0.717) is 11.6 Å². The van der Waals surface area contributed by atoms with Crippen molar-refractivity contribution in [3.8, 4) is 0 Å².